The average Bonchev–Trinajstić information content (AvgIpc) is 3.55. The average molecular weight is 609 g/mol. The molecule has 43 heavy (non-hydrogen) atoms. The Morgan fingerprint density at radius 2 is 1.91 bits per heavy atom. The van der Waals surface area contributed by atoms with Crippen LogP contribution in [0.1, 0.15) is 73.6 Å². The van der Waals surface area contributed by atoms with Gasteiger partial charge in [0.1, 0.15) is 28.7 Å². The zero-order chi connectivity index (χ0) is 30.1. The molecule has 1 aliphatic heterocycles. The van der Waals surface area contributed by atoms with E-state index in [9.17, 15) is 18.4 Å². The summed E-state index contributed by atoms with van der Waals surface area (Å²) in [5, 5.41) is 15.2. The molecule has 4 aromatic rings. The number of fused-ring (bicyclic) bond motifs is 2. The van der Waals surface area contributed by atoms with Crippen molar-refractivity contribution in [3.05, 3.63) is 52.3 Å². The van der Waals surface area contributed by atoms with E-state index in [0.717, 1.165) is 79.8 Å². The predicted molar refractivity (Wildman–Crippen MR) is 166 cm³/mol. The third-order valence-electron chi connectivity index (χ3n) is 9.46. The number of piperidine rings is 1. The van der Waals surface area contributed by atoms with Crippen LogP contribution >= 0.6 is 11.3 Å². The third kappa shape index (κ3) is 6.83. The summed E-state index contributed by atoms with van der Waals surface area (Å²) in [5.74, 6) is 2.18. The highest BCUT2D eigenvalue weighted by molar-refractivity contribution is 7.18. The van der Waals surface area contributed by atoms with Crippen molar-refractivity contribution in [3.63, 3.8) is 0 Å². The number of alkyl halides is 3. The Morgan fingerprint density at radius 1 is 1.09 bits per heavy atom. The standard InChI is InChI=1S/C33H39F3N6S/c1-21-4-3-5-23(14-21)8-13-42-26(18-37)15-28-22(2)24(6-7-30(28)42)19-41-11-9-25(10-12-41)40-31-29-16-27(17-33(34,35)36)43-32(29)39-20-38-31/h6-7,15-16,20-21,23,25H,3-5,8-14,17,19H2,1-2H3,(H,38,39,40). The summed E-state index contributed by atoms with van der Waals surface area (Å²) in [6.07, 6.45) is 4.48. The molecular weight excluding hydrogens is 569 g/mol. The number of halogens is 3. The molecule has 1 aromatic carbocycles. The van der Waals surface area contributed by atoms with Gasteiger partial charge in [0, 0.05) is 48.0 Å². The zero-order valence-corrected chi connectivity index (χ0v) is 25.7. The third-order valence-corrected chi connectivity index (χ3v) is 10.5. The number of aromatic nitrogens is 3. The highest BCUT2D eigenvalue weighted by Gasteiger charge is 2.29. The van der Waals surface area contributed by atoms with E-state index in [1.807, 2.05) is 0 Å². The van der Waals surface area contributed by atoms with E-state index in [4.69, 9.17) is 0 Å². The summed E-state index contributed by atoms with van der Waals surface area (Å²) in [6, 6.07) is 10.7. The van der Waals surface area contributed by atoms with Gasteiger partial charge in [-0.1, -0.05) is 32.3 Å². The Balaban J connectivity index is 1.08. The van der Waals surface area contributed by atoms with Crippen LogP contribution in [-0.2, 0) is 19.5 Å². The molecule has 1 aliphatic carbocycles. The smallest absolute Gasteiger partial charge is 0.367 e. The van der Waals surface area contributed by atoms with Crippen molar-refractivity contribution in [2.45, 2.75) is 90.5 Å². The first-order chi connectivity index (χ1) is 20.7. The van der Waals surface area contributed by atoms with Gasteiger partial charge >= 0.3 is 6.18 Å². The van der Waals surface area contributed by atoms with Gasteiger partial charge in [0.15, 0.2) is 0 Å². The Kier molecular flexibility index (Phi) is 8.65. The van der Waals surface area contributed by atoms with Crippen molar-refractivity contribution < 1.29 is 13.2 Å². The number of nitriles is 1. The lowest BCUT2D eigenvalue weighted by atomic mass is 9.81. The lowest BCUT2D eigenvalue weighted by molar-refractivity contribution is -0.126. The van der Waals surface area contributed by atoms with E-state index in [-0.39, 0.29) is 10.9 Å². The molecule has 0 bridgehead atoms. The first kappa shape index (κ1) is 29.9. The number of nitrogens with one attached hydrogen (secondary N) is 1. The maximum Gasteiger partial charge on any atom is 0.393 e. The van der Waals surface area contributed by atoms with Gasteiger partial charge < -0.3 is 9.88 Å². The second-order valence-electron chi connectivity index (χ2n) is 12.6. The van der Waals surface area contributed by atoms with Gasteiger partial charge in [-0.05, 0) is 73.8 Å². The number of aryl methyl sites for hydroxylation is 2. The molecule has 6 nitrogen and oxygen atoms in total. The summed E-state index contributed by atoms with van der Waals surface area (Å²) in [4.78, 5) is 11.8. The lowest BCUT2D eigenvalue weighted by Crippen LogP contribution is -2.39. The first-order valence-electron chi connectivity index (χ1n) is 15.5. The predicted octanol–water partition coefficient (Wildman–Crippen LogP) is 8.22. The van der Waals surface area contributed by atoms with Gasteiger partial charge in [0.05, 0.1) is 11.8 Å². The van der Waals surface area contributed by atoms with E-state index in [0.29, 0.717) is 16.0 Å². The fourth-order valence-corrected chi connectivity index (χ4v) is 8.16. The minimum atomic E-state index is -4.24. The second kappa shape index (κ2) is 12.4. The fourth-order valence-electron chi connectivity index (χ4n) is 7.13. The molecule has 1 saturated heterocycles. The first-order valence-corrected chi connectivity index (χ1v) is 16.3. The van der Waals surface area contributed by atoms with E-state index in [2.05, 4.69) is 62.9 Å². The van der Waals surface area contributed by atoms with E-state index in [1.165, 1.54) is 48.5 Å². The highest BCUT2D eigenvalue weighted by atomic mass is 32.1. The number of rotatable bonds is 8. The van der Waals surface area contributed by atoms with Gasteiger partial charge in [0.2, 0.25) is 0 Å². The number of thiophene rings is 1. The summed E-state index contributed by atoms with van der Waals surface area (Å²) in [6.45, 7) is 8.12. The molecule has 2 fully saturated rings. The fraction of sp³-hybridized carbons (Fsp3) is 0.545. The number of likely N-dealkylation sites (tertiary alicyclic amines) is 1. The highest BCUT2D eigenvalue weighted by Crippen LogP contribution is 2.35. The molecule has 6 rings (SSSR count). The molecule has 0 amide bonds. The van der Waals surface area contributed by atoms with Crippen molar-refractivity contribution in [2.75, 3.05) is 18.4 Å². The maximum atomic E-state index is 12.9. The lowest BCUT2D eigenvalue weighted by Gasteiger charge is -2.33. The van der Waals surface area contributed by atoms with Crippen LogP contribution in [0.25, 0.3) is 21.1 Å². The minimum Gasteiger partial charge on any atom is -0.367 e. The summed E-state index contributed by atoms with van der Waals surface area (Å²) in [7, 11) is 0. The number of anilines is 1. The molecule has 1 N–H and O–H groups in total. The molecule has 2 aliphatic rings. The largest absolute Gasteiger partial charge is 0.393 e. The number of hydrogen-bond donors (Lipinski definition) is 1. The van der Waals surface area contributed by atoms with Crippen LogP contribution in [-0.4, -0.2) is 44.7 Å². The molecule has 4 heterocycles. The minimum absolute atomic E-state index is 0.197. The molecule has 228 valence electrons. The van der Waals surface area contributed by atoms with Crippen molar-refractivity contribution >= 4 is 38.3 Å². The molecule has 0 spiro atoms. The van der Waals surface area contributed by atoms with Crippen LogP contribution in [0.4, 0.5) is 19.0 Å². The van der Waals surface area contributed by atoms with Gasteiger partial charge in [-0.25, -0.2) is 9.97 Å². The van der Waals surface area contributed by atoms with E-state index in [1.54, 1.807) is 6.07 Å². The number of benzene rings is 1. The Bertz CT molecular complexity index is 1630. The molecular formula is C33H39F3N6S. The van der Waals surface area contributed by atoms with Gasteiger partial charge in [-0.15, -0.1) is 11.3 Å². The summed E-state index contributed by atoms with van der Waals surface area (Å²) in [5.41, 5.74) is 4.44. The quantitative estimate of drug-likeness (QED) is 0.218. The van der Waals surface area contributed by atoms with Crippen molar-refractivity contribution in [1.29, 1.82) is 5.26 Å². The molecule has 0 radical (unpaired) electrons. The molecule has 10 heteroatoms. The van der Waals surface area contributed by atoms with E-state index >= 15 is 0 Å². The number of hydrogen-bond acceptors (Lipinski definition) is 6. The van der Waals surface area contributed by atoms with Crippen LogP contribution < -0.4 is 5.32 Å². The zero-order valence-electron chi connectivity index (χ0n) is 24.9. The molecule has 3 aromatic heterocycles. The Morgan fingerprint density at radius 3 is 2.65 bits per heavy atom. The normalized spacial score (nSPS) is 20.6. The van der Waals surface area contributed by atoms with Gasteiger partial charge in [-0.3, -0.25) is 4.90 Å². The van der Waals surface area contributed by atoms with Gasteiger partial charge in [-0.2, -0.15) is 18.4 Å². The van der Waals surface area contributed by atoms with Crippen molar-refractivity contribution in [2.24, 2.45) is 11.8 Å². The maximum absolute atomic E-state index is 12.9. The van der Waals surface area contributed by atoms with Crippen LogP contribution in [0.15, 0.2) is 30.6 Å². The summed E-state index contributed by atoms with van der Waals surface area (Å²) >= 11 is 1.08. The molecule has 1 saturated carbocycles. The van der Waals surface area contributed by atoms with Crippen molar-refractivity contribution in [1.82, 2.24) is 19.4 Å². The molecule has 2 atom stereocenters. The van der Waals surface area contributed by atoms with Crippen molar-refractivity contribution in [3.8, 4) is 6.07 Å². The summed E-state index contributed by atoms with van der Waals surface area (Å²) < 4.78 is 41.0. The topological polar surface area (TPSA) is 69.8 Å². The SMILES string of the molecule is Cc1c(CN2CCC(Nc3ncnc4sc(CC(F)(F)F)cc34)CC2)ccc2c1cc(C#N)n2CCC1CCCC(C)C1. The Hall–Kier alpha value is -3.16. The van der Waals surface area contributed by atoms with Crippen LogP contribution in [0.5, 0.6) is 0 Å². The van der Waals surface area contributed by atoms with Crippen LogP contribution in [0.2, 0.25) is 0 Å². The monoisotopic (exact) mass is 608 g/mol. The van der Waals surface area contributed by atoms with Crippen LogP contribution in [0.3, 0.4) is 0 Å². The molecule has 2 unspecified atom stereocenters. The van der Waals surface area contributed by atoms with E-state index < -0.39 is 12.6 Å². The van der Waals surface area contributed by atoms with Crippen LogP contribution in [0, 0.1) is 30.1 Å². The van der Waals surface area contributed by atoms with Gasteiger partial charge in [0.25, 0.3) is 0 Å². The number of nitrogens with zero attached hydrogens (tertiary/aromatic N) is 5. The second-order valence-corrected chi connectivity index (χ2v) is 13.8. The Labute approximate surface area is 254 Å².